The van der Waals surface area contributed by atoms with Crippen LogP contribution in [-0.2, 0) is 6.42 Å². The van der Waals surface area contributed by atoms with Crippen LogP contribution < -0.4 is 4.74 Å². The minimum atomic E-state index is -0.409. The summed E-state index contributed by atoms with van der Waals surface area (Å²) in [6, 6.07) is 4.60. The summed E-state index contributed by atoms with van der Waals surface area (Å²) in [7, 11) is 1.55. The minimum Gasteiger partial charge on any atom is -0.496 e. The lowest BCUT2D eigenvalue weighted by Gasteiger charge is -2.16. The average molecular weight is 251 g/mol. The molecule has 1 aliphatic carbocycles. The van der Waals surface area contributed by atoms with Crippen LogP contribution in [0.5, 0.6) is 5.75 Å². The van der Waals surface area contributed by atoms with Crippen LogP contribution in [0, 0.1) is 16.0 Å². The fourth-order valence-electron chi connectivity index (χ4n) is 2.58. The second-order valence-corrected chi connectivity index (χ2v) is 4.72. The van der Waals surface area contributed by atoms with Crippen LogP contribution in [0.2, 0.25) is 0 Å². The topological polar surface area (TPSA) is 72.6 Å². The standard InChI is InChI=1S/C13H17NO4/c1-18-13-6-5-11(14(16)17)8-10(13)7-9-3-2-4-12(9)15/h5-6,8-9,12,15H,2-4,7H2,1H3. The van der Waals surface area contributed by atoms with Crippen molar-refractivity contribution in [1.29, 1.82) is 0 Å². The Balaban J connectivity index is 2.23. The van der Waals surface area contributed by atoms with Crippen LogP contribution in [0.1, 0.15) is 24.8 Å². The van der Waals surface area contributed by atoms with E-state index in [1.807, 2.05) is 0 Å². The van der Waals surface area contributed by atoms with Gasteiger partial charge in [-0.3, -0.25) is 10.1 Å². The fourth-order valence-corrected chi connectivity index (χ4v) is 2.58. The van der Waals surface area contributed by atoms with Gasteiger partial charge < -0.3 is 9.84 Å². The molecule has 0 amide bonds. The van der Waals surface area contributed by atoms with Gasteiger partial charge in [0, 0.05) is 17.7 Å². The molecule has 2 unspecified atom stereocenters. The van der Waals surface area contributed by atoms with E-state index in [1.54, 1.807) is 19.2 Å². The number of nitro groups is 1. The van der Waals surface area contributed by atoms with Crippen molar-refractivity contribution in [1.82, 2.24) is 0 Å². The van der Waals surface area contributed by atoms with E-state index in [0.29, 0.717) is 12.2 Å². The SMILES string of the molecule is COc1ccc([N+](=O)[O-])cc1CC1CCCC1O. The zero-order chi connectivity index (χ0) is 13.1. The first-order valence-corrected chi connectivity index (χ1v) is 6.11. The number of hydrogen-bond acceptors (Lipinski definition) is 4. The highest BCUT2D eigenvalue weighted by Crippen LogP contribution is 2.33. The molecule has 0 bridgehead atoms. The molecule has 0 spiro atoms. The van der Waals surface area contributed by atoms with Crippen LogP contribution in [-0.4, -0.2) is 23.2 Å². The summed E-state index contributed by atoms with van der Waals surface area (Å²) in [6.45, 7) is 0. The molecule has 0 saturated heterocycles. The van der Waals surface area contributed by atoms with E-state index < -0.39 is 4.92 Å². The van der Waals surface area contributed by atoms with E-state index in [0.717, 1.165) is 24.8 Å². The van der Waals surface area contributed by atoms with Crippen molar-refractivity contribution in [2.45, 2.75) is 31.8 Å². The highest BCUT2D eigenvalue weighted by molar-refractivity contribution is 5.44. The number of ether oxygens (including phenoxy) is 1. The van der Waals surface area contributed by atoms with Gasteiger partial charge in [0.1, 0.15) is 5.75 Å². The molecule has 0 aromatic heterocycles. The van der Waals surface area contributed by atoms with Gasteiger partial charge in [0.25, 0.3) is 5.69 Å². The Morgan fingerprint density at radius 2 is 2.28 bits per heavy atom. The zero-order valence-corrected chi connectivity index (χ0v) is 10.3. The average Bonchev–Trinajstić information content (AvgIpc) is 2.75. The number of rotatable bonds is 4. The summed E-state index contributed by atoms with van der Waals surface area (Å²) in [5, 5.41) is 20.6. The smallest absolute Gasteiger partial charge is 0.269 e. The maximum atomic E-state index is 10.8. The van der Waals surface area contributed by atoms with Crippen LogP contribution in [0.25, 0.3) is 0 Å². The first kappa shape index (κ1) is 12.8. The lowest BCUT2D eigenvalue weighted by Crippen LogP contribution is -2.16. The molecule has 1 aromatic rings. The number of aliphatic hydroxyl groups is 1. The molecule has 1 aromatic carbocycles. The second-order valence-electron chi connectivity index (χ2n) is 4.72. The lowest BCUT2D eigenvalue weighted by molar-refractivity contribution is -0.384. The summed E-state index contributed by atoms with van der Waals surface area (Å²) in [4.78, 5) is 10.4. The predicted molar refractivity (Wildman–Crippen MR) is 66.7 cm³/mol. The summed E-state index contributed by atoms with van der Waals surface area (Å²) in [6.07, 6.45) is 3.14. The Kier molecular flexibility index (Phi) is 3.81. The number of hydrogen-bond donors (Lipinski definition) is 1. The molecule has 18 heavy (non-hydrogen) atoms. The number of nitrogens with zero attached hydrogens (tertiary/aromatic N) is 1. The quantitative estimate of drug-likeness (QED) is 0.658. The first-order valence-electron chi connectivity index (χ1n) is 6.11. The Labute approximate surface area is 106 Å². The van der Waals surface area contributed by atoms with Gasteiger partial charge in [-0.25, -0.2) is 0 Å². The highest BCUT2D eigenvalue weighted by atomic mass is 16.6. The van der Waals surface area contributed by atoms with Gasteiger partial charge >= 0.3 is 0 Å². The first-order chi connectivity index (χ1) is 8.61. The lowest BCUT2D eigenvalue weighted by atomic mass is 9.95. The number of methoxy groups -OCH3 is 1. The van der Waals surface area contributed by atoms with Crippen molar-refractivity contribution in [2.75, 3.05) is 7.11 Å². The van der Waals surface area contributed by atoms with E-state index in [2.05, 4.69) is 0 Å². The molecule has 0 heterocycles. The maximum absolute atomic E-state index is 10.8. The van der Waals surface area contributed by atoms with E-state index in [-0.39, 0.29) is 17.7 Å². The van der Waals surface area contributed by atoms with Gasteiger partial charge in [0.15, 0.2) is 0 Å². The molecule has 2 atom stereocenters. The number of benzene rings is 1. The Morgan fingerprint density at radius 1 is 1.50 bits per heavy atom. The predicted octanol–water partition coefficient (Wildman–Crippen LogP) is 2.31. The normalized spacial score (nSPS) is 23.0. The van der Waals surface area contributed by atoms with Crippen LogP contribution >= 0.6 is 0 Å². The van der Waals surface area contributed by atoms with Gasteiger partial charge in [-0.15, -0.1) is 0 Å². The molecular formula is C13H17NO4. The van der Waals surface area contributed by atoms with Crippen LogP contribution in [0.4, 0.5) is 5.69 Å². The van der Waals surface area contributed by atoms with Gasteiger partial charge in [-0.1, -0.05) is 6.42 Å². The van der Waals surface area contributed by atoms with Crippen molar-refractivity contribution in [3.63, 3.8) is 0 Å². The molecule has 0 radical (unpaired) electrons. The fraction of sp³-hybridized carbons (Fsp3) is 0.538. The Bertz CT molecular complexity index is 447. The minimum absolute atomic E-state index is 0.0679. The zero-order valence-electron chi connectivity index (χ0n) is 10.3. The summed E-state index contributed by atoms with van der Waals surface area (Å²) >= 11 is 0. The van der Waals surface area contributed by atoms with E-state index in [1.165, 1.54) is 6.07 Å². The molecule has 1 saturated carbocycles. The summed E-state index contributed by atoms with van der Waals surface area (Å²) in [5.41, 5.74) is 0.871. The molecule has 2 rings (SSSR count). The number of nitro benzene ring substituents is 1. The van der Waals surface area contributed by atoms with E-state index >= 15 is 0 Å². The molecular weight excluding hydrogens is 234 g/mol. The van der Waals surface area contributed by atoms with Gasteiger partial charge in [-0.2, -0.15) is 0 Å². The van der Waals surface area contributed by atoms with E-state index in [4.69, 9.17) is 4.74 Å². The van der Waals surface area contributed by atoms with Crippen molar-refractivity contribution < 1.29 is 14.8 Å². The third kappa shape index (κ3) is 2.61. The van der Waals surface area contributed by atoms with Gasteiger partial charge in [-0.05, 0) is 31.2 Å². The van der Waals surface area contributed by atoms with Crippen molar-refractivity contribution >= 4 is 5.69 Å². The third-order valence-electron chi connectivity index (χ3n) is 3.58. The van der Waals surface area contributed by atoms with Crippen molar-refractivity contribution in [3.8, 4) is 5.75 Å². The molecule has 5 nitrogen and oxygen atoms in total. The van der Waals surface area contributed by atoms with Crippen molar-refractivity contribution in [3.05, 3.63) is 33.9 Å². The number of aliphatic hydroxyl groups excluding tert-OH is 1. The molecule has 98 valence electrons. The molecule has 1 aliphatic rings. The van der Waals surface area contributed by atoms with Gasteiger partial charge in [0.05, 0.1) is 18.1 Å². The summed E-state index contributed by atoms with van der Waals surface area (Å²) in [5.74, 6) is 0.834. The Morgan fingerprint density at radius 3 is 2.83 bits per heavy atom. The molecule has 0 aliphatic heterocycles. The van der Waals surface area contributed by atoms with Gasteiger partial charge in [0.2, 0.25) is 0 Å². The molecule has 1 N–H and O–H groups in total. The monoisotopic (exact) mass is 251 g/mol. The van der Waals surface area contributed by atoms with E-state index in [9.17, 15) is 15.2 Å². The molecule has 5 heteroatoms. The number of non-ortho nitro benzene ring substituents is 1. The third-order valence-corrected chi connectivity index (χ3v) is 3.58. The van der Waals surface area contributed by atoms with Crippen LogP contribution in [0.15, 0.2) is 18.2 Å². The maximum Gasteiger partial charge on any atom is 0.269 e. The van der Waals surface area contributed by atoms with Crippen LogP contribution in [0.3, 0.4) is 0 Å². The molecule has 1 fully saturated rings. The summed E-state index contributed by atoms with van der Waals surface area (Å²) < 4.78 is 5.22. The van der Waals surface area contributed by atoms with Crippen molar-refractivity contribution in [2.24, 2.45) is 5.92 Å². The second kappa shape index (κ2) is 5.35. The Hall–Kier alpha value is -1.62. The largest absolute Gasteiger partial charge is 0.496 e. The highest BCUT2D eigenvalue weighted by Gasteiger charge is 2.26.